The van der Waals surface area contributed by atoms with Crippen molar-refractivity contribution >= 4 is 11.3 Å². The number of benzene rings is 1. The van der Waals surface area contributed by atoms with Crippen LogP contribution in [0, 0.1) is 0 Å². The number of ether oxygens (including phenoxy) is 1. The Morgan fingerprint density at radius 1 is 1.10 bits per heavy atom. The van der Waals surface area contributed by atoms with Gasteiger partial charge in [0.25, 0.3) is 0 Å². The van der Waals surface area contributed by atoms with Gasteiger partial charge in [-0.25, -0.2) is 9.97 Å². The standard InChI is InChI=1S/C16H14N2OS/c1-2-19-15-10-13(8-9-17-15)16-18-14(11-20-16)12-6-4-3-5-7-12/h3-11H,2H2,1H3. The molecule has 0 aliphatic carbocycles. The molecule has 3 aromatic rings. The molecule has 0 atom stereocenters. The molecule has 1 aromatic carbocycles. The Kier molecular flexibility index (Phi) is 3.74. The largest absolute Gasteiger partial charge is 0.478 e. The molecule has 0 bridgehead atoms. The van der Waals surface area contributed by atoms with Gasteiger partial charge in [0.1, 0.15) is 5.01 Å². The Hall–Kier alpha value is -2.20. The van der Waals surface area contributed by atoms with Crippen molar-refractivity contribution in [1.29, 1.82) is 0 Å². The van der Waals surface area contributed by atoms with Gasteiger partial charge < -0.3 is 4.74 Å². The second kappa shape index (κ2) is 5.84. The molecule has 0 N–H and O–H groups in total. The van der Waals surface area contributed by atoms with E-state index in [0.29, 0.717) is 12.5 Å². The molecule has 3 rings (SSSR count). The number of pyridine rings is 1. The molecule has 0 amide bonds. The fourth-order valence-electron chi connectivity index (χ4n) is 1.92. The summed E-state index contributed by atoms with van der Waals surface area (Å²) in [5.41, 5.74) is 3.17. The van der Waals surface area contributed by atoms with Crippen LogP contribution in [0.15, 0.2) is 54.0 Å². The molecule has 0 aliphatic heterocycles. The van der Waals surface area contributed by atoms with E-state index in [-0.39, 0.29) is 0 Å². The van der Waals surface area contributed by atoms with E-state index >= 15 is 0 Å². The SMILES string of the molecule is CCOc1cc(-c2nc(-c3ccccc3)cs2)ccn1. The van der Waals surface area contributed by atoms with Gasteiger partial charge >= 0.3 is 0 Å². The van der Waals surface area contributed by atoms with Crippen LogP contribution in [0.5, 0.6) is 5.88 Å². The predicted molar refractivity (Wildman–Crippen MR) is 82.0 cm³/mol. The van der Waals surface area contributed by atoms with Crippen LogP contribution < -0.4 is 4.74 Å². The maximum atomic E-state index is 5.43. The second-order valence-corrected chi connectivity index (χ2v) is 5.08. The molecular weight excluding hydrogens is 268 g/mol. The van der Waals surface area contributed by atoms with Gasteiger partial charge in [-0.3, -0.25) is 0 Å². The first kappa shape index (κ1) is 12.8. The lowest BCUT2D eigenvalue weighted by molar-refractivity contribution is 0.327. The zero-order valence-electron chi connectivity index (χ0n) is 11.1. The van der Waals surface area contributed by atoms with Crippen LogP contribution in [-0.2, 0) is 0 Å². The number of rotatable bonds is 4. The molecular formula is C16H14N2OS. The van der Waals surface area contributed by atoms with Gasteiger partial charge in [-0.1, -0.05) is 30.3 Å². The smallest absolute Gasteiger partial charge is 0.213 e. The van der Waals surface area contributed by atoms with Crippen LogP contribution in [0.3, 0.4) is 0 Å². The molecule has 0 radical (unpaired) electrons. The van der Waals surface area contributed by atoms with E-state index in [1.54, 1.807) is 17.5 Å². The molecule has 20 heavy (non-hydrogen) atoms. The van der Waals surface area contributed by atoms with Crippen molar-refractivity contribution < 1.29 is 4.74 Å². The third-order valence-electron chi connectivity index (χ3n) is 2.85. The molecule has 4 heteroatoms. The number of nitrogens with zero attached hydrogens (tertiary/aromatic N) is 2. The molecule has 100 valence electrons. The summed E-state index contributed by atoms with van der Waals surface area (Å²) in [4.78, 5) is 8.86. The van der Waals surface area contributed by atoms with Crippen molar-refractivity contribution in [1.82, 2.24) is 9.97 Å². The maximum absolute atomic E-state index is 5.43. The highest BCUT2D eigenvalue weighted by atomic mass is 32.1. The van der Waals surface area contributed by atoms with Gasteiger partial charge in [0.15, 0.2) is 0 Å². The highest BCUT2D eigenvalue weighted by molar-refractivity contribution is 7.13. The Labute approximate surface area is 121 Å². The fraction of sp³-hybridized carbons (Fsp3) is 0.125. The first-order chi connectivity index (χ1) is 9.86. The number of hydrogen-bond donors (Lipinski definition) is 0. The molecule has 0 aliphatic rings. The fourth-order valence-corrected chi connectivity index (χ4v) is 2.74. The van der Waals surface area contributed by atoms with E-state index in [1.807, 2.05) is 37.3 Å². The summed E-state index contributed by atoms with van der Waals surface area (Å²) in [6.07, 6.45) is 1.75. The van der Waals surface area contributed by atoms with Crippen molar-refractivity contribution in [3.05, 3.63) is 54.0 Å². The number of aromatic nitrogens is 2. The van der Waals surface area contributed by atoms with Gasteiger partial charge in [-0.2, -0.15) is 0 Å². The molecule has 2 aromatic heterocycles. The number of thiazole rings is 1. The summed E-state index contributed by atoms with van der Waals surface area (Å²) in [5, 5.41) is 3.05. The monoisotopic (exact) mass is 282 g/mol. The Balaban J connectivity index is 1.92. The van der Waals surface area contributed by atoms with Crippen LogP contribution in [0.1, 0.15) is 6.92 Å². The highest BCUT2D eigenvalue weighted by Gasteiger charge is 2.07. The Morgan fingerprint density at radius 3 is 2.75 bits per heavy atom. The van der Waals surface area contributed by atoms with Crippen molar-refractivity contribution in [2.45, 2.75) is 6.92 Å². The van der Waals surface area contributed by atoms with E-state index in [1.165, 1.54) is 0 Å². The molecule has 0 saturated carbocycles. The van der Waals surface area contributed by atoms with Gasteiger partial charge in [0.05, 0.1) is 12.3 Å². The molecule has 0 unspecified atom stereocenters. The third kappa shape index (κ3) is 2.70. The van der Waals surface area contributed by atoms with Gasteiger partial charge in [0.2, 0.25) is 5.88 Å². The molecule has 0 fully saturated rings. The van der Waals surface area contributed by atoms with Gasteiger partial charge in [-0.15, -0.1) is 11.3 Å². The molecule has 0 saturated heterocycles. The van der Waals surface area contributed by atoms with Crippen molar-refractivity contribution in [3.63, 3.8) is 0 Å². The van der Waals surface area contributed by atoms with Crippen LogP contribution >= 0.6 is 11.3 Å². The van der Waals surface area contributed by atoms with Gasteiger partial charge in [-0.05, 0) is 13.0 Å². The zero-order valence-corrected chi connectivity index (χ0v) is 11.9. The zero-order chi connectivity index (χ0) is 13.8. The third-order valence-corrected chi connectivity index (χ3v) is 3.74. The van der Waals surface area contributed by atoms with Crippen molar-refractivity contribution in [3.8, 4) is 27.7 Å². The molecule has 0 spiro atoms. The lowest BCUT2D eigenvalue weighted by Crippen LogP contribution is -1.93. The van der Waals surface area contributed by atoms with E-state index in [0.717, 1.165) is 21.8 Å². The van der Waals surface area contributed by atoms with Crippen LogP contribution in [-0.4, -0.2) is 16.6 Å². The van der Waals surface area contributed by atoms with E-state index < -0.39 is 0 Å². The summed E-state index contributed by atoms with van der Waals surface area (Å²) in [5.74, 6) is 0.640. The minimum absolute atomic E-state index is 0.615. The minimum atomic E-state index is 0.615. The predicted octanol–water partition coefficient (Wildman–Crippen LogP) is 4.27. The second-order valence-electron chi connectivity index (χ2n) is 4.22. The van der Waals surface area contributed by atoms with Crippen molar-refractivity contribution in [2.24, 2.45) is 0 Å². The highest BCUT2D eigenvalue weighted by Crippen LogP contribution is 2.29. The summed E-state index contributed by atoms with van der Waals surface area (Å²) >= 11 is 1.63. The first-order valence-electron chi connectivity index (χ1n) is 6.47. The Morgan fingerprint density at radius 2 is 1.95 bits per heavy atom. The summed E-state index contributed by atoms with van der Waals surface area (Å²) in [7, 11) is 0. The quantitative estimate of drug-likeness (QED) is 0.716. The van der Waals surface area contributed by atoms with Crippen molar-refractivity contribution in [2.75, 3.05) is 6.61 Å². The summed E-state index contributed by atoms with van der Waals surface area (Å²) in [6.45, 7) is 2.56. The van der Waals surface area contributed by atoms with E-state index in [2.05, 4.69) is 27.5 Å². The van der Waals surface area contributed by atoms with Crippen LogP contribution in [0.2, 0.25) is 0 Å². The number of hydrogen-bond acceptors (Lipinski definition) is 4. The normalized spacial score (nSPS) is 10.4. The van der Waals surface area contributed by atoms with Crippen LogP contribution in [0.4, 0.5) is 0 Å². The average Bonchev–Trinajstić information content (AvgIpc) is 2.99. The lowest BCUT2D eigenvalue weighted by Gasteiger charge is -2.02. The molecule has 2 heterocycles. The summed E-state index contributed by atoms with van der Waals surface area (Å²) in [6, 6.07) is 14.1. The van der Waals surface area contributed by atoms with Crippen LogP contribution in [0.25, 0.3) is 21.8 Å². The molecule has 3 nitrogen and oxygen atoms in total. The average molecular weight is 282 g/mol. The van der Waals surface area contributed by atoms with E-state index in [9.17, 15) is 0 Å². The lowest BCUT2D eigenvalue weighted by atomic mass is 10.2. The minimum Gasteiger partial charge on any atom is -0.478 e. The Bertz CT molecular complexity index is 694. The maximum Gasteiger partial charge on any atom is 0.213 e. The first-order valence-corrected chi connectivity index (χ1v) is 7.35. The summed E-state index contributed by atoms with van der Waals surface area (Å²) < 4.78 is 5.43. The topological polar surface area (TPSA) is 35.0 Å². The van der Waals surface area contributed by atoms with Gasteiger partial charge in [0, 0.05) is 28.8 Å². The van der Waals surface area contributed by atoms with E-state index in [4.69, 9.17) is 4.74 Å².